The molecule has 4 nitrogen and oxygen atoms in total. The molecule has 1 aromatic heterocycles. The van der Waals surface area contributed by atoms with Crippen molar-refractivity contribution >= 4 is 32.6 Å². The lowest BCUT2D eigenvalue weighted by molar-refractivity contribution is 0.102. The molecule has 22 heavy (non-hydrogen) atoms. The van der Waals surface area contributed by atoms with E-state index in [0.717, 1.165) is 16.8 Å². The van der Waals surface area contributed by atoms with Crippen molar-refractivity contribution in [3.05, 3.63) is 53.6 Å². The zero-order valence-electron chi connectivity index (χ0n) is 11.4. The lowest BCUT2D eigenvalue weighted by Crippen LogP contribution is -2.12. The third-order valence-corrected chi connectivity index (χ3v) is 3.94. The highest BCUT2D eigenvalue weighted by Gasteiger charge is 2.13. The second-order valence-electron chi connectivity index (χ2n) is 4.41. The number of hydrogen-bond donors (Lipinski definition) is 1. The molecule has 112 valence electrons. The predicted molar refractivity (Wildman–Crippen MR) is 80.5 cm³/mol. The van der Waals surface area contributed by atoms with Gasteiger partial charge in [-0.15, -0.1) is 0 Å². The van der Waals surface area contributed by atoms with Gasteiger partial charge in [-0.1, -0.05) is 17.4 Å². The van der Waals surface area contributed by atoms with E-state index in [0.29, 0.717) is 16.4 Å². The number of amides is 1. The summed E-state index contributed by atoms with van der Waals surface area (Å²) >= 11 is 1.27. The number of carbonyl (C=O) groups is 1. The molecule has 0 bridgehead atoms. The zero-order chi connectivity index (χ0) is 15.7. The third kappa shape index (κ3) is 2.62. The lowest BCUT2D eigenvalue weighted by Gasteiger charge is -2.02. The van der Waals surface area contributed by atoms with Crippen LogP contribution in [-0.2, 0) is 0 Å². The molecule has 2 aromatic carbocycles. The Morgan fingerprint density at radius 3 is 2.77 bits per heavy atom. The number of halogens is 2. The van der Waals surface area contributed by atoms with Gasteiger partial charge in [-0.25, -0.2) is 13.8 Å². The molecule has 0 radical (unpaired) electrons. The van der Waals surface area contributed by atoms with E-state index in [1.807, 2.05) is 12.1 Å². The number of hydrogen-bond acceptors (Lipinski definition) is 4. The van der Waals surface area contributed by atoms with E-state index < -0.39 is 17.5 Å². The molecule has 0 aliphatic heterocycles. The summed E-state index contributed by atoms with van der Waals surface area (Å²) in [5.41, 5.74) is 0.653. The monoisotopic (exact) mass is 320 g/mol. The van der Waals surface area contributed by atoms with Crippen LogP contribution in [0.5, 0.6) is 5.75 Å². The Morgan fingerprint density at radius 2 is 2.05 bits per heavy atom. The number of carbonyl (C=O) groups excluding carboxylic acids is 1. The SMILES string of the molecule is COc1cccc2sc(NC(=O)c3ccc(F)c(F)c3)nc12. The zero-order valence-corrected chi connectivity index (χ0v) is 12.2. The fraction of sp³-hybridized carbons (Fsp3) is 0.0667. The number of thiazole rings is 1. The first-order valence-corrected chi connectivity index (χ1v) is 7.10. The van der Waals surface area contributed by atoms with Gasteiger partial charge >= 0.3 is 0 Å². The smallest absolute Gasteiger partial charge is 0.257 e. The fourth-order valence-corrected chi connectivity index (χ4v) is 2.83. The van der Waals surface area contributed by atoms with Crippen LogP contribution in [0.1, 0.15) is 10.4 Å². The molecule has 0 saturated carbocycles. The molecule has 3 aromatic rings. The minimum Gasteiger partial charge on any atom is -0.494 e. The van der Waals surface area contributed by atoms with Gasteiger partial charge in [-0.05, 0) is 30.3 Å². The van der Waals surface area contributed by atoms with E-state index in [4.69, 9.17) is 4.74 Å². The average Bonchev–Trinajstić information content (AvgIpc) is 2.92. The van der Waals surface area contributed by atoms with Crippen LogP contribution in [0.15, 0.2) is 36.4 Å². The Kier molecular flexibility index (Phi) is 3.72. The Labute approximate surface area is 128 Å². The number of fused-ring (bicyclic) bond motifs is 1. The van der Waals surface area contributed by atoms with Crippen LogP contribution in [0.3, 0.4) is 0 Å². The molecular formula is C15H10F2N2O2S. The van der Waals surface area contributed by atoms with Gasteiger partial charge in [-0.3, -0.25) is 10.1 Å². The molecule has 0 atom stereocenters. The second-order valence-corrected chi connectivity index (χ2v) is 5.44. The van der Waals surface area contributed by atoms with Crippen LogP contribution in [0.2, 0.25) is 0 Å². The second kappa shape index (κ2) is 5.69. The van der Waals surface area contributed by atoms with Crippen molar-refractivity contribution in [1.82, 2.24) is 4.98 Å². The highest BCUT2D eigenvalue weighted by atomic mass is 32.1. The number of ether oxygens (including phenoxy) is 1. The van der Waals surface area contributed by atoms with Crippen LogP contribution in [0.4, 0.5) is 13.9 Å². The summed E-state index contributed by atoms with van der Waals surface area (Å²) in [6, 6.07) is 8.40. The van der Waals surface area contributed by atoms with Crippen LogP contribution in [-0.4, -0.2) is 18.0 Å². The van der Waals surface area contributed by atoms with Gasteiger partial charge in [-0.2, -0.15) is 0 Å². The Bertz CT molecular complexity index is 864. The molecule has 0 spiro atoms. The Hall–Kier alpha value is -2.54. The molecule has 0 saturated heterocycles. The van der Waals surface area contributed by atoms with Crippen molar-refractivity contribution in [2.24, 2.45) is 0 Å². The molecular weight excluding hydrogens is 310 g/mol. The molecule has 3 rings (SSSR count). The first kappa shape index (κ1) is 14.4. The highest BCUT2D eigenvalue weighted by molar-refractivity contribution is 7.22. The number of anilines is 1. The van der Waals surface area contributed by atoms with Gasteiger partial charge in [0.1, 0.15) is 11.3 Å². The van der Waals surface area contributed by atoms with Crippen LogP contribution in [0, 0.1) is 11.6 Å². The first-order valence-electron chi connectivity index (χ1n) is 6.28. The van der Waals surface area contributed by atoms with Gasteiger partial charge in [0.25, 0.3) is 5.91 Å². The molecule has 7 heteroatoms. The maximum atomic E-state index is 13.2. The first-order chi connectivity index (χ1) is 10.6. The van der Waals surface area contributed by atoms with Crippen molar-refractivity contribution in [2.75, 3.05) is 12.4 Å². The van der Waals surface area contributed by atoms with E-state index in [9.17, 15) is 13.6 Å². The van der Waals surface area contributed by atoms with E-state index in [1.54, 1.807) is 6.07 Å². The largest absolute Gasteiger partial charge is 0.494 e. The Morgan fingerprint density at radius 1 is 1.23 bits per heavy atom. The maximum Gasteiger partial charge on any atom is 0.257 e. The summed E-state index contributed by atoms with van der Waals surface area (Å²) in [6.07, 6.45) is 0. The van der Waals surface area contributed by atoms with Crippen molar-refractivity contribution in [1.29, 1.82) is 0 Å². The minimum absolute atomic E-state index is 0.0186. The van der Waals surface area contributed by atoms with E-state index in [-0.39, 0.29) is 5.56 Å². The van der Waals surface area contributed by atoms with E-state index in [1.165, 1.54) is 24.5 Å². The number of nitrogens with one attached hydrogen (secondary N) is 1. The molecule has 0 aliphatic carbocycles. The van der Waals surface area contributed by atoms with Crippen LogP contribution in [0.25, 0.3) is 10.2 Å². The maximum absolute atomic E-state index is 13.2. The number of rotatable bonds is 3. The molecule has 0 aliphatic rings. The molecule has 0 unspecified atom stereocenters. The van der Waals surface area contributed by atoms with Crippen molar-refractivity contribution < 1.29 is 18.3 Å². The van der Waals surface area contributed by atoms with Gasteiger partial charge in [0.15, 0.2) is 16.8 Å². The van der Waals surface area contributed by atoms with Gasteiger partial charge in [0.2, 0.25) is 0 Å². The fourth-order valence-electron chi connectivity index (χ4n) is 1.95. The van der Waals surface area contributed by atoms with Crippen molar-refractivity contribution in [2.45, 2.75) is 0 Å². The van der Waals surface area contributed by atoms with Gasteiger partial charge < -0.3 is 4.74 Å². The number of methoxy groups -OCH3 is 1. The summed E-state index contributed by atoms with van der Waals surface area (Å²) < 4.78 is 32.1. The lowest BCUT2D eigenvalue weighted by atomic mass is 10.2. The normalized spacial score (nSPS) is 10.7. The van der Waals surface area contributed by atoms with Gasteiger partial charge in [0.05, 0.1) is 11.8 Å². The Balaban J connectivity index is 1.89. The molecule has 0 fully saturated rings. The summed E-state index contributed by atoms with van der Waals surface area (Å²) in [5.74, 6) is -2.03. The van der Waals surface area contributed by atoms with Crippen molar-refractivity contribution in [3.8, 4) is 5.75 Å². The summed E-state index contributed by atoms with van der Waals surface area (Å²) in [6.45, 7) is 0. The average molecular weight is 320 g/mol. The number of para-hydroxylation sites is 1. The number of nitrogens with zero attached hydrogens (tertiary/aromatic N) is 1. The minimum atomic E-state index is -1.07. The topological polar surface area (TPSA) is 51.2 Å². The quantitative estimate of drug-likeness (QED) is 0.798. The highest BCUT2D eigenvalue weighted by Crippen LogP contribution is 2.32. The van der Waals surface area contributed by atoms with Crippen LogP contribution >= 0.6 is 11.3 Å². The molecule has 1 N–H and O–H groups in total. The predicted octanol–water partition coefficient (Wildman–Crippen LogP) is 3.84. The van der Waals surface area contributed by atoms with Crippen LogP contribution < -0.4 is 10.1 Å². The number of benzene rings is 2. The van der Waals surface area contributed by atoms with Gasteiger partial charge in [0, 0.05) is 5.56 Å². The standard InChI is InChI=1S/C15H10F2N2O2S/c1-21-11-3-2-4-12-13(11)18-15(22-12)19-14(20)8-5-6-9(16)10(17)7-8/h2-7H,1H3,(H,18,19,20). The third-order valence-electron chi connectivity index (χ3n) is 3.00. The van der Waals surface area contributed by atoms with E-state index in [2.05, 4.69) is 10.3 Å². The molecule has 1 heterocycles. The van der Waals surface area contributed by atoms with E-state index >= 15 is 0 Å². The number of aromatic nitrogens is 1. The van der Waals surface area contributed by atoms with Crippen molar-refractivity contribution in [3.63, 3.8) is 0 Å². The summed E-state index contributed by atoms with van der Waals surface area (Å²) in [7, 11) is 1.54. The summed E-state index contributed by atoms with van der Waals surface area (Å²) in [4.78, 5) is 16.3. The summed E-state index contributed by atoms with van der Waals surface area (Å²) in [5, 5.41) is 2.93. The molecule has 1 amide bonds.